The quantitative estimate of drug-likeness (QED) is 0.731. The molecule has 0 spiro atoms. The molecule has 0 aromatic rings. The zero-order chi connectivity index (χ0) is 10.6. The molecule has 0 heterocycles. The van der Waals surface area contributed by atoms with E-state index in [1.54, 1.807) is 0 Å². The molecule has 1 rings (SSSR count). The summed E-state index contributed by atoms with van der Waals surface area (Å²) in [4.78, 5) is 0. The maximum Gasteiger partial charge on any atom is 0.0487 e. The van der Waals surface area contributed by atoms with E-state index in [-0.39, 0.29) is 5.41 Å². The maximum atomic E-state index is 9.49. The molecule has 0 bridgehead atoms. The SMILES string of the molecule is CC(C)C(C)(CO)CC1CCCCC1. The van der Waals surface area contributed by atoms with Crippen LogP contribution in [0.2, 0.25) is 0 Å². The highest BCUT2D eigenvalue weighted by atomic mass is 16.3. The molecule has 1 fully saturated rings. The first-order valence-electron chi connectivity index (χ1n) is 6.19. The van der Waals surface area contributed by atoms with Crippen LogP contribution >= 0.6 is 0 Å². The van der Waals surface area contributed by atoms with Crippen LogP contribution in [0.4, 0.5) is 0 Å². The van der Waals surface area contributed by atoms with Crippen LogP contribution in [-0.2, 0) is 0 Å². The molecule has 14 heavy (non-hydrogen) atoms. The van der Waals surface area contributed by atoms with E-state index in [0.29, 0.717) is 12.5 Å². The highest BCUT2D eigenvalue weighted by Gasteiger charge is 2.31. The third-order valence-corrected chi connectivity index (χ3v) is 4.23. The second-order valence-corrected chi connectivity index (χ2v) is 5.68. The minimum Gasteiger partial charge on any atom is -0.396 e. The fraction of sp³-hybridized carbons (Fsp3) is 1.00. The molecule has 84 valence electrons. The lowest BCUT2D eigenvalue weighted by atomic mass is 9.70. The Labute approximate surface area is 88.9 Å². The van der Waals surface area contributed by atoms with Crippen LogP contribution in [0.15, 0.2) is 0 Å². The fourth-order valence-corrected chi connectivity index (χ4v) is 2.53. The van der Waals surface area contributed by atoms with Crippen molar-refractivity contribution in [3.63, 3.8) is 0 Å². The lowest BCUT2D eigenvalue weighted by molar-refractivity contribution is 0.0599. The van der Waals surface area contributed by atoms with Crippen molar-refractivity contribution in [3.05, 3.63) is 0 Å². The highest BCUT2D eigenvalue weighted by molar-refractivity contribution is 4.81. The van der Waals surface area contributed by atoms with Crippen LogP contribution < -0.4 is 0 Å². The second kappa shape index (κ2) is 5.16. The summed E-state index contributed by atoms with van der Waals surface area (Å²) in [6.07, 6.45) is 8.24. The Bertz CT molecular complexity index is 159. The third kappa shape index (κ3) is 2.98. The van der Waals surface area contributed by atoms with Gasteiger partial charge in [-0.1, -0.05) is 52.9 Å². The van der Waals surface area contributed by atoms with Crippen LogP contribution in [0.5, 0.6) is 0 Å². The number of rotatable bonds is 4. The van der Waals surface area contributed by atoms with Crippen molar-refractivity contribution in [2.24, 2.45) is 17.3 Å². The van der Waals surface area contributed by atoms with E-state index in [1.807, 2.05) is 0 Å². The van der Waals surface area contributed by atoms with Gasteiger partial charge in [0, 0.05) is 6.61 Å². The van der Waals surface area contributed by atoms with E-state index in [4.69, 9.17) is 0 Å². The van der Waals surface area contributed by atoms with Crippen molar-refractivity contribution in [3.8, 4) is 0 Å². The molecule has 1 N–H and O–H groups in total. The van der Waals surface area contributed by atoms with Crippen molar-refractivity contribution in [1.82, 2.24) is 0 Å². The molecule has 0 saturated heterocycles. The van der Waals surface area contributed by atoms with Gasteiger partial charge in [-0.2, -0.15) is 0 Å². The van der Waals surface area contributed by atoms with E-state index in [2.05, 4.69) is 20.8 Å². The first-order valence-corrected chi connectivity index (χ1v) is 6.19. The van der Waals surface area contributed by atoms with Gasteiger partial charge < -0.3 is 5.11 Å². The van der Waals surface area contributed by atoms with Crippen LogP contribution in [0.3, 0.4) is 0 Å². The van der Waals surface area contributed by atoms with E-state index >= 15 is 0 Å². The standard InChI is InChI=1S/C13H26O/c1-11(2)13(3,10-14)9-12-7-5-4-6-8-12/h11-12,14H,4-10H2,1-3H3. The van der Waals surface area contributed by atoms with E-state index < -0.39 is 0 Å². The molecule has 1 saturated carbocycles. The van der Waals surface area contributed by atoms with Crippen LogP contribution in [-0.4, -0.2) is 11.7 Å². The summed E-state index contributed by atoms with van der Waals surface area (Å²) in [5, 5.41) is 9.49. The van der Waals surface area contributed by atoms with Gasteiger partial charge in [-0.05, 0) is 23.7 Å². The van der Waals surface area contributed by atoms with Crippen LogP contribution in [0, 0.1) is 17.3 Å². The summed E-state index contributed by atoms with van der Waals surface area (Å²) in [6.45, 7) is 7.06. The normalized spacial score (nSPS) is 23.8. The van der Waals surface area contributed by atoms with E-state index in [1.165, 1.54) is 38.5 Å². The lowest BCUT2D eigenvalue weighted by Crippen LogP contribution is -2.31. The van der Waals surface area contributed by atoms with Gasteiger partial charge in [0.1, 0.15) is 0 Å². The second-order valence-electron chi connectivity index (χ2n) is 5.68. The summed E-state index contributed by atoms with van der Waals surface area (Å²) in [5.74, 6) is 1.47. The molecule has 1 nitrogen and oxygen atoms in total. The number of hydrogen-bond acceptors (Lipinski definition) is 1. The minimum atomic E-state index is 0.155. The predicted molar refractivity (Wildman–Crippen MR) is 61.2 cm³/mol. The molecule has 1 unspecified atom stereocenters. The monoisotopic (exact) mass is 198 g/mol. The van der Waals surface area contributed by atoms with Gasteiger partial charge in [0.05, 0.1) is 0 Å². The van der Waals surface area contributed by atoms with Crippen LogP contribution in [0.25, 0.3) is 0 Å². The Morgan fingerprint density at radius 3 is 2.21 bits per heavy atom. The third-order valence-electron chi connectivity index (χ3n) is 4.23. The molecular formula is C13H26O. The summed E-state index contributed by atoms with van der Waals surface area (Å²) >= 11 is 0. The van der Waals surface area contributed by atoms with Gasteiger partial charge in [0.15, 0.2) is 0 Å². The average Bonchev–Trinajstić information content (AvgIpc) is 2.19. The summed E-state index contributed by atoms with van der Waals surface area (Å²) in [7, 11) is 0. The summed E-state index contributed by atoms with van der Waals surface area (Å²) in [5.41, 5.74) is 0.155. The topological polar surface area (TPSA) is 20.2 Å². The van der Waals surface area contributed by atoms with Crippen molar-refractivity contribution in [2.75, 3.05) is 6.61 Å². The molecule has 0 amide bonds. The van der Waals surface area contributed by atoms with Crippen molar-refractivity contribution in [1.29, 1.82) is 0 Å². The first kappa shape index (κ1) is 12.0. The van der Waals surface area contributed by atoms with Gasteiger partial charge in [-0.15, -0.1) is 0 Å². The average molecular weight is 198 g/mol. The predicted octanol–water partition coefficient (Wildman–Crippen LogP) is 3.61. The molecule has 0 aromatic carbocycles. The number of hydrogen-bond donors (Lipinski definition) is 1. The molecule has 1 aliphatic carbocycles. The minimum absolute atomic E-state index is 0.155. The van der Waals surface area contributed by atoms with Crippen molar-refractivity contribution < 1.29 is 5.11 Å². The Kier molecular flexibility index (Phi) is 4.43. The zero-order valence-electron chi connectivity index (χ0n) is 10.1. The molecule has 0 radical (unpaired) electrons. The molecule has 0 aliphatic heterocycles. The van der Waals surface area contributed by atoms with Crippen molar-refractivity contribution in [2.45, 2.75) is 59.3 Å². The Hall–Kier alpha value is -0.0400. The van der Waals surface area contributed by atoms with Crippen LogP contribution in [0.1, 0.15) is 59.3 Å². The fourth-order valence-electron chi connectivity index (χ4n) is 2.53. The van der Waals surface area contributed by atoms with Gasteiger partial charge in [-0.25, -0.2) is 0 Å². The zero-order valence-corrected chi connectivity index (χ0v) is 10.1. The van der Waals surface area contributed by atoms with Gasteiger partial charge in [0.2, 0.25) is 0 Å². The Balaban J connectivity index is 2.46. The first-order chi connectivity index (χ1) is 6.58. The largest absolute Gasteiger partial charge is 0.396 e. The molecular weight excluding hydrogens is 172 g/mol. The number of aliphatic hydroxyl groups is 1. The molecule has 1 heteroatoms. The van der Waals surface area contributed by atoms with E-state index in [0.717, 1.165) is 5.92 Å². The van der Waals surface area contributed by atoms with Gasteiger partial charge in [0.25, 0.3) is 0 Å². The summed E-state index contributed by atoms with van der Waals surface area (Å²) < 4.78 is 0. The number of aliphatic hydroxyl groups excluding tert-OH is 1. The highest BCUT2D eigenvalue weighted by Crippen LogP contribution is 2.38. The Morgan fingerprint density at radius 2 is 1.79 bits per heavy atom. The Morgan fingerprint density at radius 1 is 1.21 bits per heavy atom. The lowest BCUT2D eigenvalue weighted by Gasteiger charge is -2.36. The van der Waals surface area contributed by atoms with E-state index in [9.17, 15) is 5.11 Å². The van der Waals surface area contributed by atoms with Gasteiger partial charge in [-0.3, -0.25) is 0 Å². The smallest absolute Gasteiger partial charge is 0.0487 e. The van der Waals surface area contributed by atoms with Gasteiger partial charge >= 0.3 is 0 Å². The molecule has 1 aliphatic rings. The van der Waals surface area contributed by atoms with Crippen molar-refractivity contribution >= 4 is 0 Å². The summed E-state index contributed by atoms with van der Waals surface area (Å²) in [6, 6.07) is 0. The molecule has 1 atom stereocenters. The molecule has 0 aromatic heterocycles. The maximum absolute atomic E-state index is 9.49.